The van der Waals surface area contributed by atoms with Gasteiger partial charge in [0, 0.05) is 17.8 Å². The number of hydrogen-bond acceptors (Lipinski definition) is 3. The maximum atomic E-state index is 13.8. The van der Waals surface area contributed by atoms with Gasteiger partial charge in [-0.1, -0.05) is 6.07 Å². The van der Waals surface area contributed by atoms with Gasteiger partial charge >= 0.3 is 11.9 Å². The Morgan fingerprint density at radius 2 is 2.28 bits per heavy atom. The van der Waals surface area contributed by atoms with Gasteiger partial charge in [0.15, 0.2) is 0 Å². The summed E-state index contributed by atoms with van der Waals surface area (Å²) >= 11 is 0. The van der Waals surface area contributed by atoms with Gasteiger partial charge in [-0.2, -0.15) is 8.78 Å². The molecule has 0 saturated carbocycles. The van der Waals surface area contributed by atoms with Crippen LogP contribution in [0.25, 0.3) is 0 Å². The van der Waals surface area contributed by atoms with Crippen molar-refractivity contribution >= 4 is 11.7 Å². The maximum absolute atomic E-state index is 13.8. The Labute approximate surface area is 104 Å². The molecule has 18 heavy (non-hydrogen) atoms. The van der Waals surface area contributed by atoms with E-state index in [1.807, 2.05) is 0 Å². The zero-order chi connectivity index (χ0) is 13.2. The predicted molar refractivity (Wildman–Crippen MR) is 63.8 cm³/mol. The number of ether oxygens (including phenoxy) is 1. The number of halogens is 2. The lowest BCUT2D eigenvalue weighted by Crippen LogP contribution is -2.28. The first kappa shape index (κ1) is 12.8. The quantitative estimate of drug-likeness (QED) is 0.844. The summed E-state index contributed by atoms with van der Waals surface area (Å²) in [6.45, 7) is 2.30. The van der Waals surface area contributed by atoms with Crippen molar-refractivity contribution in [2.75, 3.05) is 18.5 Å². The summed E-state index contributed by atoms with van der Waals surface area (Å²) in [5, 5.41) is 3.13. The molecule has 0 saturated heterocycles. The van der Waals surface area contributed by atoms with Crippen molar-refractivity contribution in [1.82, 2.24) is 0 Å². The van der Waals surface area contributed by atoms with E-state index in [-0.39, 0.29) is 12.2 Å². The van der Waals surface area contributed by atoms with Gasteiger partial charge in [0.05, 0.1) is 6.61 Å². The lowest BCUT2D eigenvalue weighted by molar-refractivity contribution is -0.173. The first-order valence-corrected chi connectivity index (χ1v) is 5.98. The third-order valence-electron chi connectivity index (χ3n) is 2.94. The highest BCUT2D eigenvalue weighted by Gasteiger charge is 2.42. The summed E-state index contributed by atoms with van der Waals surface area (Å²) in [7, 11) is 0. The summed E-state index contributed by atoms with van der Waals surface area (Å²) < 4.78 is 32.0. The average Bonchev–Trinajstić information content (AvgIpc) is 2.38. The summed E-state index contributed by atoms with van der Waals surface area (Å²) in [6.07, 6.45) is 1.65. The van der Waals surface area contributed by atoms with E-state index in [0.717, 1.165) is 30.6 Å². The van der Waals surface area contributed by atoms with Crippen LogP contribution < -0.4 is 5.32 Å². The Morgan fingerprint density at radius 3 is 3.00 bits per heavy atom. The lowest BCUT2D eigenvalue weighted by Gasteiger charge is -2.21. The average molecular weight is 255 g/mol. The van der Waals surface area contributed by atoms with Crippen LogP contribution in [-0.4, -0.2) is 19.1 Å². The molecule has 98 valence electrons. The minimum Gasteiger partial charge on any atom is -0.461 e. The van der Waals surface area contributed by atoms with Crippen LogP contribution in [0.3, 0.4) is 0 Å². The lowest BCUT2D eigenvalue weighted by atomic mass is 9.98. The third kappa shape index (κ3) is 2.30. The van der Waals surface area contributed by atoms with Crippen molar-refractivity contribution in [3.8, 4) is 0 Å². The topological polar surface area (TPSA) is 38.3 Å². The molecule has 1 aliphatic heterocycles. The van der Waals surface area contributed by atoms with Crippen LogP contribution in [0.5, 0.6) is 0 Å². The highest BCUT2D eigenvalue weighted by Crippen LogP contribution is 2.33. The van der Waals surface area contributed by atoms with Gasteiger partial charge in [0.2, 0.25) is 0 Å². The predicted octanol–water partition coefficient (Wildman–Crippen LogP) is 2.70. The second-order valence-corrected chi connectivity index (χ2v) is 4.20. The number of fused-ring (bicyclic) bond motifs is 1. The third-order valence-corrected chi connectivity index (χ3v) is 2.94. The van der Waals surface area contributed by atoms with E-state index in [4.69, 9.17) is 0 Å². The molecule has 1 aliphatic rings. The second kappa shape index (κ2) is 4.92. The largest absolute Gasteiger partial charge is 0.461 e. The normalized spacial score (nSPS) is 14.6. The molecule has 0 aromatic heterocycles. The minimum absolute atomic E-state index is 0.0546. The molecule has 0 unspecified atom stereocenters. The van der Waals surface area contributed by atoms with Gasteiger partial charge in [0.1, 0.15) is 0 Å². The van der Waals surface area contributed by atoms with Gasteiger partial charge in [-0.15, -0.1) is 0 Å². The Hall–Kier alpha value is -1.65. The molecular formula is C13H15F2NO2. The van der Waals surface area contributed by atoms with E-state index in [0.29, 0.717) is 0 Å². The van der Waals surface area contributed by atoms with Crippen molar-refractivity contribution in [2.45, 2.75) is 25.7 Å². The van der Waals surface area contributed by atoms with Crippen LogP contribution in [0.4, 0.5) is 14.5 Å². The molecule has 0 aliphatic carbocycles. The van der Waals surface area contributed by atoms with Gasteiger partial charge in [-0.05, 0) is 37.5 Å². The first-order chi connectivity index (χ1) is 8.55. The number of rotatable bonds is 3. The molecule has 0 fully saturated rings. The highest BCUT2D eigenvalue weighted by atomic mass is 19.3. The first-order valence-electron chi connectivity index (χ1n) is 5.98. The number of aryl methyl sites for hydroxylation is 1. The molecule has 3 nitrogen and oxygen atoms in total. The molecule has 0 spiro atoms. The molecule has 1 aromatic carbocycles. The number of anilines is 1. The Bertz CT molecular complexity index is 460. The standard InChI is InChI=1S/C13H15F2NO2/c1-2-18-12(17)13(14,15)10-5-6-11-9(8-10)4-3-7-16-11/h5-6,8,16H,2-4,7H2,1H3. The smallest absolute Gasteiger partial charge is 0.381 e. The summed E-state index contributed by atoms with van der Waals surface area (Å²) in [4.78, 5) is 11.2. The number of nitrogens with one attached hydrogen (secondary N) is 1. The molecule has 1 N–H and O–H groups in total. The van der Waals surface area contributed by atoms with Gasteiger partial charge in [-0.3, -0.25) is 0 Å². The fourth-order valence-corrected chi connectivity index (χ4v) is 2.01. The Balaban J connectivity index is 2.30. The van der Waals surface area contributed by atoms with Crippen molar-refractivity contribution in [3.63, 3.8) is 0 Å². The van der Waals surface area contributed by atoms with E-state index in [1.165, 1.54) is 19.1 Å². The summed E-state index contributed by atoms with van der Waals surface area (Å²) in [5.41, 5.74) is 1.38. The van der Waals surface area contributed by atoms with Crippen molar-refractivity contribution in [1.29, 1.82) is 0 Å². The fraction of sp³-hybridized carbons (Fsp3) is 0.462. The van der Waals surface area contributed by atoms with Crippen molar-refractivity contribution in [3.05, 3.63) is 29.3 Å². The van der Waals surface area contributed by atoms with Crippen LogP contribution in [-0.2, 0) is 21.9 Å². The van der Waals surface area contributed by atoms with E-state index in [2.05, 4.69) is 10.1 Å². The van der Waals surface area contributed by atoms with Gasteiger partial charge in [0.25, 0.3) is 0 Å². The van der Waals surface area contributed by atoms with E-state index in [1.54, 1.807) is 6.07 Å². The molecular weight excluding hydrogens is 240 g/mol. The molecule has 1 heterocycles. The molecule has 0 atom stereocenters. The van der Waals surface area contributed by atoms with Crippen LogP contribution in [0.15, 0.2) is 18.2 Å². The SMILES string of the molecule is CCOC(=O)C(F)(F)c1ccc2c(c1)CCCN2. The zero-order valence-electron chi connectivity index (χ0n) is 10.1. The molecule has 0 amide bonds. The second-order valence-electron chi connectivity index (χ2n) is 4.20. The summed E-state index contributed by atoms with van der Waals surface area (Å²) in [5.74, 6) is -5.07. The number of benzene rings is 1. The van der Waals surface area contributed by atoms with Gasteiger partial charge < -0.3 is 10.1 Å². The van der Waals surface area contributed by atoms with E-state index >= 15 is 0 Å². The van der Waals surface area contributed by atoms with Crippen LogP contribution in [0.2, 0.25) is 0 Å². The van der Waals surface area contributed by atoms with E-state index in [9.17, 15) is 13.6 Å². The maximum Gasteiger partial charge on any atom is 0.381 e. The Morgan fingerprint density at radius 1 is 1.50 bits per heavy atom. The monoisotopic (exact) mass is 255 g/mol. The number of alkyl halides is 2. The molecule has 0 radical (unpaired) electrons. The highest BCUT2D eigenvalue weighted by molar-refractivity contribution is 5.79. The number of carbonyl (C=O) groups is 1. The molecule has 1 aromatic rings. The number of carbonyl (C=O) groups excluding carboxylic acids is 1. The minimum atomic E-state index is -3.58. The van der Waals surface area contributed by atoms with Crippen LogP contribution in [0, 0.1) is 0 Å². The van der Waals surface area contributed by atoms with Crippen LogP contribution >= 0.6 is 0 Å². The summed E-state index contributed by atoms with van der Waals surface area (Å²) in [6, 6.07) is 4.25. The number of esters is 1. The van der Waals surface area contributed by atoms with Gasteiger partial charge in [-0.25, -0.2) is 4.79 Å². The van der Waals surface area contributed by atoms with Crippen molar-refractivity contribution in [2.24, 2.45) is 0 Å². The van der Waals surface area contributed by atoms with Crippen molar-refractivity contribution < 1.29 is 18.3 Å². The van der Waals surface area contributed by atoms with E-state index < -0.39 is 11.9 Å². The molecule has 2 rings (SSSR count). The van der Waals surface area contributed by atoms with Crippen LogP contribution in [0.1, 0.15) is 24.5 Å². The Kier molecular flexibility index (Phi) is 3.50. The number of hydrogen-bond donors (Lipinski definition) is 1. The fourth-order valence-electron chi connectivity index (χ4n) is 2.01. The zero-order valence-corrected chi connectivity index (χ0v) is 10.1. The molecule has 5 heteroatoms. The molecule has 0 bridgehead atoms.